The molecule has 16 heavy (non-hydrogen) atoms. The van der Waals surface area contributed by atoms with Gasteiger partial charge < -0.3 is 5.32 Å². The van der Waals surface area contributed by atoms with Crippen LogP contribution in [0.25, 0.3) is 11.1 Å². The van der Waals surface area contributed by atoms with Crippen LogP contribution in [0.3, 0.4) is 0 Å². The summed E-state index contributed by atoms with van der Waals surface area (Å²) in [4.78, 5) is 0. The Labute approximate surface area is 93.9 Å². The summed E-state index contributed by atoms with van der Waals surface area (Å²) in [6.45, 7) is 0.641. The van der Waals surface area contributed by atoms with Crippen molar-refractivity contribution in [3.63, 3.8) is 0 Å². The van der Waals surface area contributed by atoms with E-state index in [0.717, 1.165) is 16.7 Å². The number of nitrogens with zero attached hydrogens (tertiary/aromatic N) is 2. The normalized spacial score (nSPS) is 10.7. The van der Waals surface area contributed by atoms with E-state index < -0.39 is 0 Å². The second kappa shape index (κ2) is 4.45. The molecule has 0 radical (unpaired) electrons. The van der Waals surface area contributed by atoms with E-state index in [1.807, 2.05) is 20.3 Å². The number of hydrogen-bond donors (Lipinski definition) is 1. The first-order valence-corrected chi connectivity index (χ1v) is 5.13. The smallest absolute Gasteiger partial charge is 0.123 e. The molecule has 0 aliphatic heterocycles. The number of rotatable bonds is 3. The molecule has 2 rings (SSSR count). The van der Waals surface area contributed by atoms with Gasteiger partial charge in [0.05, 0.1) is 6.20 Å². The lowest BCUT2D eigenvalue weighted by Gasteiger charge is -2.07. The van der Waals surface area contributed by atoms with E-state index in [1.165, 1.54) is 6.07 Å². The standard InChI is InChI=1S/C12H14FN3/c1-14-6-9-5-11(13)3-4-12(9)10-7-15-16(2)8-10/h3-5,7-8,14H,6H2,1-2H3. The number of nitrogens with one attached hydrogen (secondary N) is 1. The van der Waals surface area contributed by atoms with Crippen molar-refractivity contribution < 1.29 is 4.39 Å². The molecule has 1 heterocycles. The van der Waals surface area contributed by atoms with E-state index >= 15 is 0 Å². The molecule has 1 N–H and O–H groups in total. The average molecular weight is 219 g/mol. The van der Waals surface area contributed by atoms with Crippen molar-refractivity contribution in [1.82, 2.24) is 15.1 Å². The van der Waals surface area contributed by atoms with Crippen LogP contribution >= 0.6 is 0 Å². The first kappa shape index (κ1) is 10.8. The first-order valence-electron chi connectivity index (χ1n) is 5.13. The van der Waals surface area contributed by atoms with Gasteiger partial charge in [0, 0.05) is 25.4 Å². The van der Waals surface area contributed by atoms with Crippen LogP contribution in [0.5, 0.6) is 0 Å². The molecule has 0 atom stereocenters. The van der Waals surface area contributed by atoms with Crippen LogP contribution in [0.2, 0.25) is 0 Å². The molecule has 84 valence electrons. The van der Waals surface area contributed by atoms with E-state index in [4.69, 9.17) is 0 Å². The van der Waals surface area contributed by atoms with Gasteiger partial charge in [0.1, 0.15) is 5.82 Å². The summed E-state index contributed by atoms with van der Waals surface area (Å²) < 4.78 is 14.9. The van der Waals surface area contributed by atoms with Crippen LogP contribution in [0.4, 0.5) is 4.39 Å². The molecular weight excluding hydrogens is 205 g/mol. The number of halogens is 1. The topological polar surface area (TPSA) is 29.9 Å². The van der Waals surface area contributed by atoms with Crippen LogP contribution < -0.4 is 5.32 Å². The molecule has 0 bridgehead atoms. The highest BCUT2D eigenvalue weighted by Gasteiger charge is 2.07. The van der Waals surface area contributed by atoms with Crippen LogP contribution in [0, 0.1) is 5.82 Å². The number of aromatic nitrogens is 2. The second-order valence-electron chi connectivity index (χ2n) is 3.73. The SMILES string of the molecule is CNCc1cc(F)ccc1-c1cnn(C)c1. The molecule has 0 amide bonds. The van der Waals surface area contributed by atoms with Crippen LogP contribution in [-0.4, -0.2) is 16.8 Å². The molecule has 1 aromatic heterocycles. The highest BCUT2D eigenvalue weighted by molar-refractivity contribution is 5.66. The summed E-state index contributed by atoms with van der Waals surface area (Å²) in [6.07, 6.45) is 3.71. The zero-order valence-corrected chi connectivity index (χ0v) is 9.37. The Bertz CT molecular complexity index is 491. The highest BCUT2D eigenvalue weighted by Crippen LogP contribution is 2.23. The zero-order chi connectivity index (χ0) is 11.5. The molecule has 0 aliphatic carbocycles. The van der Waals surface area contributed by atoms with Gasteiger partial charge in [-0.2, -0.15) is 5.10 Å². The van der Waals surface area contributed by atoms with E-state index in [1.54, 1.807) is 23.0 Å². The Morgan fingerprint density at radius 3 is 2.88 bits per heavy atom. The van der Waals surface area contributed by atoms with E-state index in [-0.39, 0.29) is 5.82 Å². The molecule has 0 fully saturated rings. The summed E-state index contributed by atoms with van der Waals surface area (Å²) >= 11 is 0. The van der Waals surface area contributed by atoms with E-state index in [9.17, 15) is 4.39 Å². The van der Waals surface area contributed by atoms with E-state index in [2.05, 4.69) is 10.4 Å². The quantitative estimate of drug-likeness (QED) is 0.855. The maximum atomic E-state index is 13.1. The zero-order valence-electron chi connectivity index (χ0n) is 9.37. The molecule has 2 aromatic rings. The van der Waals surface area contributed by atoms with Gasteiger partial charge in [0.25, 0.3) is 0 Å². The average Bonchev–Trinajstić information content (AvgIpc) is 2.65. The predicted molar refractivity (Wildman–Crippen MR) is 61.4 cm³/mol. The summed E-state index contributed by atoms with van der Waals surface area (Å²) in [7, 11) is 3.71. The lowest BCUT2D eigenvalue weighted by atomic mass is 10.0. The van der Waals surface area contributed by atoms with Gasteiger partial charge >= 0.3 is 0 Å². The molecule has 4 heteroatoms. The Morgan fingerprint density at radius 2 is 2.25 bits per heavy atom. The maximum Gasteiger partial charge on any atom is 0.123 e. The van der Waals surface area contributed by atoms with Gasteiger partial charge in [-0.05, 0) is 30.3 Å². The van der Waals surface area contributed by atoms with Crippen LogP contribution in [0.15, 0.2) is 30.6 Å². The van der Waals surface area contributed by atoms with E-state index in [0.29, 0.717) is 6.54 Å². The van der Waals surface area contributed by atoms with Crippen molar-refractivity contribution in [2.45, 2.75) is 6.54 Å². The molecule has 0 spiro atoms. The Hall–Kier alpha value is -1.68. The van der Waals surface area contributed by atoms with Crippen molar-refractivity contribution >= 4 is 0 Å². The van der Waals surface area contributed by atoms with Gasteiger partial charge in [-0.1, -0.05) is 6.07 Å². The van der Waals surface area contributed by atoms with Crippen molar-refractivity contribution in [3.8, 4) is 11.1 Å². The Morgan fingerprint density at radius 1 is 1.44 bits per heavy atom. The molecule has 3 nitrogen and oxygen atoms in total. The lowest BCUT2D eigenvalue weighted by Crippen LogP contribution is -2.06. The van der Waals surface area contributed by atoms with Crippen LogP contribution in [-0.2, 0) is 13.6 Å². The van der Waals surface area contributed by atoms with Gasteiger partial charge in [-0.3, -0.25) is 4.68 Å². The minimum Gasteiger partial charge on any atom is -0.316 e. The van der Waals surface area contributed by atoms with Crippen LogP contribution in [0.1, 0.15) is 5.56 Å². The second-order valence-corrected chi connectivity index (χ2v) is 3.73. The lowest BCUT2D eigenvalue weighted by molar-refractivity contribution is 0.624. The Balaban J connectivity index is 2.47. The van der Waals surface area contributed by atoms with Gasteiger partial charge in [0.2, 0.25) is 0 Å². The van der Waals surface area contributed by atoms with Crippen molar-refractivity contribution in [3.05, 3.63) is 42.0 Å². The fraction of sp³-hybridized carbons (Fsp3) is 0.250. The fourth-order valence-corrected chi connectivity index (χ4v) is 1.74. The molecule has 0 saturated carbocycles. The summed E-state index contributed by atoms with van der Waals surface area (Å²) in [6, 6.07) is 4.82. The number of benzene rings is 1. The first-order chi connectivity index (χ1) is 7.70. The maximum absolute atomic E-state index is 13.1. The largest absolute Gasteiger partial charge is 0.316 e. The monoisotopic (exact) mass is 219 g/mol. The third-order valence-corrected chi connectivity index (χ3v) is 2.45. The highest BCUT2D eigenvalue weighted by atomic mass is 19.1. The summed E-state index contributed by atoms with van der Waals surface area (Å²) in [5.74, 6) is -0.210. The molecule has 0 aliphatic rings. The minimum atomic E-state index is -0.210. The molecular formula is C12H14FN3. The third-order valence-electron chi connectivity index (χ3n) is 2.45. The number of aryl methyl sites for hydroxylation is 1. The third kappa shape index (κ3) is 2.12. The number of hydrogen-bond acceptors (Lipinski definition) is 2. The van der Waals surface area contributed by atoms with Gasteiger partial charge in [-0.25, -0.2) is 4.39 Å². The predicted octanol–water partition coefficient (Wildman–Crippen LogP) is 1.95. The summed E-state index contributed by atoms with van der Waals surface area (Å²) in [5, 5.41) is 7.15. The van der Waals surface area contributed by atoms with Gasteiger partial charge in [-0.15, -0.1) is 0 Å². The molecule has 0 saturated heterocycles. The Kier molecular flexibility index (Phi) is 3.01. The molecule has 1 aromatic carbocycles. The van der Waals surface area contributed by atoms with Crippen molar-refractivity contribution in [1.29, 1.82) is 0 Å². The summed E-state index contributed by atoms with van der Waals surface area (Å²) in [5.41, 5.74) is 2.96. The van der Waals surface area contributed by atoms with Crippen molar-refractivity contribution in [2.24, 2.45) is 7.05 Å². The molecule has 0 unspecified atom stereocenters. The minimum absolute atomic E-state index is 0.210. The fourth-order valence-electron chi connectivity index (χ4n) is 1.74. The van der Waals surface area contributed by atoms with Gasteiger partial charge in [0.15, 0.2) is 0 Å². The van der Waals surface area contributed by atoms with Crippen molar-refractivity contribution in [2.75, 3.05) is 7.05 Å².